The number of benzene rings is 1. The number of halogens is 4. The monoisotopic (exact) mass is 364 g/mol. The number of carbonyl (C=O) groups excluding carboxylic acids is 1. The summed E-state index contributed by atoms with van der Waals surface area (Å²) < 4.78 is 40.0. The molecule has 21 heavy (non-hydrogen) atoms. The lowest BCUT2D eigenvalue weighted by Crippen LogP contribution is -2.18. The molecule has 1 aromatic carbocycles. The highest BCUT2D eigenvalue weighted by Crippen LogP contribution is 2.32. The van der Waals surface area contributed by atoms with Crippen LogP contribution in [0.25, 0.3) is 0 Å². The molecule has 0 heterocycles. The number of hydrogen-bond acceptors (Lipinski definition) is 4. The summed E-state index contributed by atoms with van der Waals surface area (Å²) in [5.41, 5.74) is -0.378. The van der Waals surface area contributed by atoms with Crippen LogP contribution in [0.4, 0.5) is 18.9 Å². The van der Waals surface area contributed by atoms with Crippen molar-refractivity contribution >= 4 is 27.5 Å². The Bertz CT molecular complexity index is 632. The van der Waals surface area contributed by atoms with Gasteiger partial charge >= 0.3 is 6.36 Å². The van der Waals surface area contributed by atoms with Gasteiger partial charge in [-0.3, -0.25) is 4.79 Å². The first-order chi connectivity index (χ1) is 9.64. The summed E-state index contributed by atoms with van der Waals surface area (Å²) in [6.45, 7) is 1.16. The Morgan fingerprint density at radius 3 is 2.52 bits per heavy atom. The number of nitrogens with zero attached hydrogens (tertiary/aromatic N) is 1. The smallest absolute Gasteiger partial charge is 0.511 e. The van der Waals surface area contributed by atoms with Crippen molar-refractivity contribution in [3.05, 3.63) is 34.0 Å². The van der Waals surface area contributed by atoms with Crippen molar-refractivity contribution in [2.45, 2.75) is 13.3 Å². The molecule has 5 nitrogen and oxygen atoms in total. The van der Waals surface area contributed by atoms with Crippen LogP contribution in [0.3, 0.4) is 0 Å². The van der Waals surface area contributed by atoms with E-state index in [0.717, 1.165) is 19.1 Å². The lowest BCUT2D eigenvalue weighted by molar-refractivity contribution is -0.274. The van der Waals surface area contributed by atoms with E-state index in [2.05, 4.69) is 26.0 Å². The van der Waals surface area contributed by atoms with Crippen LogP contribution in [0, 0.1) is 11.3 Å². The minimum Gasteiger partial charge on any atom is -0.511 e. The third kappa shape index (κ3) is 5.00. The predicted octanol–water partition coefficient (Wildman–Crippen LogP) is 3.64. The fourth-order valence-corrected chi connectivity index (χ4v) is 1.74. The van der Waals surface area contributed by atoms with Gasteiger partial charge in [-0.2, -0.15) is 5.26 Å². The molecule has 1 rings (SSSR count). The topological polar surface area (TPSA) is 82.3 Å². The summed E-state index contributed by atoms with van der Waals surface area (Å²) in [4.78, 5) is 11.6. The number of ether oxygens (including phenoxy) is 1. The van der Waals surface area contributed by atoms with Gasteiger partial charge in [0.25, 0.3) is 5.91 Å². The summed E-state index contributed by atoms with van der Waals surface area (Å²) in [6.07, 6.45) is -4.84. The van der Waals surface area contributed by atoms with Crippen LogP contribution in [-0.2, 0) is 4.79 Å². The van der Waals surface area contributed by atoms with Gasteiger partial charge in [-0.25, -0.2) is 0 Å². The zero-order valence-electron chi connectivity index (χ0n) is 10.5. The Labute approximate surface area is 125 Å². The second kappa shape index (κ2) is 6.49. The van der Waals surface area contributed by atoms with Crippen molar-refractivity contribution in [1.29, 1.82) is 5.26 Å². The Morgan fingerprint density at radius 2 is 2.10 bits per heavy atom. The van der Waals surface area contributed by atoms with Gasteiger partial charge < -0.3 is 15.2 Å². The van der Waals surface area contributed by atoms with Crippen molar-refractivity contribution in [2.24, 2.45) is 0 Å². The van der Waals surface area contributed by atoms with E-state index in [1.54, 1.807) is 0 Å². The summed E-state index contributed by atoms with van der Waals surface area (Å²) in [7, 11) is 0. The van der Waals surface area contributed by atoms with E-state index in [-0.39, 0.29) is 10.2 Å². The van der Waals surface area contributed by atoms with Crippen LogP contribution in [0.1, 0.15) is 6.92 Å². The highest BCUT2D eigenvalue weighted by molar-refractivity contribution is 9.10. The maximum atomic E-state index is 12.1. The normalized spacial score (nSPS) is 12.2. The molecule has 0 unspecified atom stereocenters. The Balaban J connectivity index is 2.94. The standard InChI is InChI=1S/C12H8BrF3N2O3/c1-6(19)8(5-17)11(20)18-7-2-3-10(9(13)4-7)21-12(14,15)16/h2-4,19H,1H3,(H,18,20)/b8-6+. The predicted molar refractivity (Wildman–Crippen MR) is 70.4 cm³/mol. The second-order valence-corrected chi connectivity index (χ2v) is 4.57. The molecule has 0 aliphatic carbocycles. The van der Waals surface area contributed by atoms with Crippen molar-refractivity contribution < 1.29 is 27.8 Å². The molecular formula is C12H8BrF3N2O3. The average Bonchev–Trinajstić information content (AvgIpc) is 2.31. The molecule has 1 amide bonds. The number of nitriles is 1. The molecule has 0 aliphatic rings. The van der Waals surface area contributed by atoms with Crippen LogP contribution in [0.5, 0.6) is 5.75 Å². The van der Waals surface area contributed by atoms with Gasteiger partial charge in [0, 0.05) is 5.69 Å². The first-order valence-electron chi connectivity index (χ1n) is 5.30. The van der Waals surface area contributed by atoms with Gasteiger partial charge in [0.1, 0.15) is 17.6 Å². The first kappa shape index (κ1) is 16.8. The van der Waals surface area contributed by atoms with Gasteiger partial charge in [-0.1, -0.05) is 0 Å². The minimum absolute atomic E-state index is 0.0409. The molecule has 0 saturated heterocycles. The van der Waals surface area contributed by atoms with E-state index in [1.807, 2.05) is 0 Å². The Hall–Kier alpha value is -2.21. The largest absolute Gasteiger partial charge is 0.573 e. The second-order valence-electron chi connectivity index (χ2n) is 3.72. The maximum Gasteiger partial charge on any atom is 0.573 e. The number of amides is 1. The van der Waals surface area contributed by atoms with Crippen molar-refractivity contribution in [1.82, 2.24) is 0 Å². The molecule has 0 aliphatic heterocycles. The number of aliphatic hydroxyl groups excluding tert-OH is 1. The van der Waals surface area contributed by atoms with Crippen LogP contribution in [0.15, 0.2) is 34.0 Å². The number of carbonyl (C=O) groups is 1. The van der Waals surface area contributed by atoms with E-state index in [0.29, 0.717) is 0 Å². The van der Waals surface area contributed by atoms with Crippen LogP contribution in [0.2, 0.25) is 0 Å². The highest BCUT2D eigenvalue weighted by Gasteiger charge is 2.32. The third-order valence-electron chi connectivity index (χ3n) is 2.12. The number of alkyl halides is 3. The summed E-state index contributed by atoms with van der Waals surface area (Å²) >= 11 is 2.87. The van der Waals surface area contributed by atoms with E-state index in [4.69, 9.17) is 10.4 Å². The van der Waals surface area contributed by atoms with Crippen molar-refractivity contribution in [3.8, 4) is 11.8 Å². The third-order valence-corrected chi connectivity index (χ3v) is 2.74. The van der Waals surface area contributed by atoms with Crippen molar-refractivity contribution in [2.75, 3.05) is 5.32 Å². The van der Waals surface area contributed by atoms with Crippen molar-refractivity contribution in [3.63, 3.8) is 0 Å². The maximum absolute atomic E-state index is 12.1. The summed E-state index contributed by atoms with van der Waals surface area (Å²) in [5, 5.41) is 20.1. The lowest BCUT2D eigenvalue weighted by atomic mass is 10.2. The number of nitrogens with one attached hydrogen (secondary N) is 1. The van der Waals surface area contributed by atoms with Gasteiger partial charge in [-0.15, -0.1) is 13.2 Å². The van der Waals surface area contributed by atoms with Gasteiger partial charge in [-0.05, 0) is 41.1 Å². The molecule has 1 aromatic rings. The molecule has 0 fully saturated rings. The number of anilines is 1. The highest BCUT2D eigenvalue weighted by atomic mass is 79.9. The van der Waals surface area contributed by atoms with Gasteiger partial charge in [0.2, 0.25) is 0 Å². The number of hydrogen-bond donors (Lipinski definition) is 2. The lowest BCUT2D eigenvalue weighted by Gasteiger charge is -2.12. The fraction of sp³-hybridized carbons (Fsp3) is 0.167. The first-order valence-corrected chi connectivity index (χ1v) is 6.10. The zero-order chi connectivity index (χ0) is 16.2. The quantitative estimate of drug-likeness (QED) is 0.487. The number of allylic oxidation sites excluding steroid dienone is 1. The Kier molecular flexibility index (Phi) is 5.21. The Morgan fingerprint density at radius 1 is 1.48 bits per heavy atom. The summed E-state index contributed by atoms with van der Waals surface area (Å²) in [6, 6.07) is 4.83. The molecule has 0 radical (unpaired) electrons. The summed E-state index contributed by atoms with van der Waals surface area (Å²) in [5.74, 6) is -1.82. The molecular weight excluding hydrogens is 357 g/mol. The van der Waals surface area contributed by atoms with E-state index >= 15 is 0 Å². The van der Waals surface area contributed by atoms with Crippen LogP contribution >= 0.6 is 15.9 Å². The molecule has 0 aromatic heterocycles. The SMILES string of the molecule is C/C(O)=C(/C#N)C(=O)Nc1ccc(OC(F)(F)F)c(Br)c1. The van der Waals surface area contributed by atoms with E-state index in [1.165, 1.54) is 12.1 Å². The van der Waals surface area contributed by atoms with E-state index < -0.39 is 29.4 Å². The number of aliphatic hydroxyl groups is 1. The van der Waals surface area contributed by atoms with Crippen LogP contribution in [-0.4, -0.2) is 17.4 Å². The fourth-order valence-electron chi connectivity index (χ4n) is 1.28. The molecule has 2 N–H and O–H groups in total. The molecule has 0 atom stereocenters. The molecule has 112 valence electrons. The molecule has 0 bridgehead atoms. The molecule has 0 spiro atoms. The minimum atomic E-state index is -4.84. The zero-order valence-corrected chi connectivity index (χ0v) is 12.0. The average molecular weight is 365 g/mol. The van der Waals surface area contributed by atoms with Gasteiger partial charge in [0.05, 0.1) is 4.47 Å². The van der Waals surface area contributed by atoms with E-state index in [9.17, 15) is 18.0 Å². The molecule has 9 heteroatoms. The number of rotatable bonds is 3. The van der Waals surface area contributed by atoms with Gasteiger partial charge in [0.15, 0.2) is 5.57 Å². The molecule has 0 saturated carbocycles. The van der Waals surface area contributed by atoms with Crippen LogP contribution < -0.4 is 10.1 Å².